The third-order valence-corrected chi connectivity index (χ3v) is 4.00. The summed E-state index contributed by atoms with van der Waals surface area (Å²) in [7, 11) is 1.23. The minimum atomic E-state index is -0.832. The molecule has 0 fully saturated rings. The highest BCUT2D eigenvalue weighted by molar-refractivity contribution is 5.94. The molecule has 1 aliphatic rings. The van der Waals surface area contributed by atoms with Gasteiger partial charge in [-0.3, -0.25) is 14.9 Å². The van der Waals surface area contributed by atoms with Gasteiger partial charge in [-0.25, -0.2) is 9.78 Å². The number of allylic oxidation sites excluding steroid dienone is 1. The number of carbonyl (C=O) groups is 1. The predicted molar refractivity (Wildman–Crippen MR) is 88.1 cm³/mol. The fraction of sp³-hybridized carbons (Fsp3) is 0.188. The van der Waals surface area contributed by atoms with Crippen LogP contribution in [-0.2, 0) is 9.53 Å². The maximum Gasteiger partial charge on any atom is 0.336 e. The van der Waals surface area contributed by atoms with Gasteiger partial charge in [-0.15, -0.1) is 0 Å². The summed E-state index contributed by atoms with van der Waals surface area (Å²) in [5, 5.41) is 14.0. The van der Waals surface area contributed by atoms with E-state index in [9.17, 15) is 19.7 Å². The number of H-pyrrole nitrogens is 1. The molecule has 1 unspecified atom stereocenters. The lowest BCUT2D eigenvalue weighted by atomic mass is 9.82. The van der Waals surface area contributed by atoms with Crippen LogP contribution >= 0.6 is 0 Å². The zero-order valence-electron chi connectivity index (χ0n) is 13.4. The minimum Gasteiger partial charge on any atom is -0.466 e. The number of anilines is 1. The van der Waals surface area contributed by atoms with Gasteiger partial charge in [-0.2, -0.15) is 0 Å². The first-order valence-electron chi connectivity index (χ1n) is 7.32. The molecule has 2 N–H and O–H groups in total. The van der Waals surface area contributed by atoms with E-state index in [1.807, 2.05) is 0 Å². The molecular formula is C16H14N4O5. The molecule has 0 amide bonds. The van der Waals surface area contributed by atoms with Crippen LogP contribution < -0.4 is 10.9 Å². The molecule has 2 heterocycles. The number of hydrogen-bond donors (Lipinski definition) is 2. The summed E-state index contributed by atoms with van der Waals surface area (Å²) in [6.45, 7) is 1.66. The maximum atomic E-state index is 12.4. The van der Waals surface area contributed by atoms with E-state index in [0.717, 1.165) is 0 Å². The first-order chi connectivity index (χ1) is 11.9. The van der Waals surface area contributed by atoms with Crippen LogP contribution in [0.3, 0.4) is 0 Å². The number of nitro benzene ring substituents is 1. The van der Waals surface area contributed by atoms with E-state index < -0.39 is 22.4 Å². The Morgan fingerprint density at radius 3 is 2.84 bits per heavy atom. The van der Waals surface area contributed by atoms with Crippen LogP contribution in [0.5, 0.6) is 0 Å². The van der Waals surface area contributed by atoms with E-state index in [1.54, 1.807) is 13.0 Å². The Morgan fingerprint density at radius 2 is 2.16 bits per heavy atom. The minimum absolute atomic E-state index is 0.139. The summed E-state index contributed by atoms with van der Waals surface area (Å²) >= 11 is 0. The Labute approximate surface area is 141 Å². The molecule has 1 aromatic heterocycles. The van der Waals surface area contributed by atoms with Gasteiger partial charge in [0.2, 0.25) is 0 Å². The molecule has 3 rings (SSSR count). The Balaban J connectivity index is 2.30. The second-order valence-electron chi connectivity index (χ2n) is 5.43. The molecule has 1 aromatic carbocycles. The van der Waals surface area contributed by atoms with Crippen molar-refractivity contribution in [2.75, 3.05) is 12.4 Å². The third kappa shape index (κ3) is 2.75. The van der Waals surface area contributed by atoms with Gasteiger partial charge in [0.05, 0.1) is 35.4 Å². The monoisotopic (exact) mass is 342 g/mol. The van der Waals surface area contributed by atoms with Crippen molar-refractivity contribution in [3.63, 3.8) is 0 Å². The van der Waals surface area contributed by atoms with E-state index in [1.165, 1.54) is 31.6 Å². The molecule has 0 aliphatic carbocycles. The van der Waals surface area contributed by atoms with Gasteiger partial charge in [0, 0.05) is 17.8 Å². The van der Waals surface area contributed by atoms with E-state index in [-0.39, 0.29) is 16.8 Å². The van der Waals surface area contributed by atoms with Crippen LogP contribution in [0.25, 0.3) is 0 Å². The van der Waals surface area contributed by atoms with Crippen LogP contribution in [0.1, 0.15) is 24.0 Å². The van der Waals surface area contributed by atoms with Crippen LogP contribution in [0.2, 0.25) is 0 Å². The maximum absolute atomic E-state index is 12.4. The van der Waals surface area contributed by atoms with Gasteiger partial charge >= 0.3 is 5.97 Å². The fourth-order valence-corrected chi connectivity index (χ4v) is 2.92. The highest BCUT2D eigenvalue weighted by atomic mass is 16.6. The molecule has 128 valence electrons. The Hall–Kier alpha value is -3.49. The molecule has 2 aromatic rings. The average molecular weight is 342 g/mol. The number of carbonyl (C=O) groups excluding carboxylic acids is 1. The number of nitrogens with zero attached hydrogens (tertiary/aromatic N) is 2. The van der Waals surface area contributed by atoms with Gasteiger partial charge in [-0.05, 0) is 12.5 Å². The van der Waals surface area contributed by atoms with Crippen molar-refractivity contribution in [3.05, 3.63) is 73.5 Å². The quantitative estimate of drug-likeness (QED) is 0.493. The van der Waals surface area contributed by atoms with Crippen LogP contribution in [0, 0.1) is 10.1 Å². The van der Waals surface area contributed by atoms with Crippen LogP contribution in [0.15, 0.2) is 46.7 Å². The molecule has 0 saturated heterocycles. The fourth-order valence-electron chi connectivity index (χ4n) is 2.92. The van der Waals surface area contributed by atoms with Crippen molar-refractivity contribution in [2.45, 2.75) is 12.8 Å². The van der Waals surface area contributed by atoms with Gasteiger partial charge in [0.25, 0.3) is 11.2 Å². The molecule has 0 spiro atoms. The number of aromatic amines is 1. The van der Waals surface area contributed by atoms with E-state index >= 15 is 0 Å². The number of non-ortho nitro benzene ring substituents is 1. The predicted octanol–water partition coefficient (Wildman–Crippen LogP) is 1.68. The number of nitro groups is 1. The Morgan fingerprint density at radius 1 is 1.40 bits per heavy atom. The van der Waals surface area contributed by atoms with E-state index in [2.05, 4.69) is 15.3 Å². The SMILES string of the molecule is COC(=O)C1=C(C)Nc2nc[nH]c(=O)c2C1c1cccc([N+](=O)[O-])c1. The molecule has 1 aliphatic heterocycles. The van der Waals surface area contributed by atoms with Crippen LogP contribution in [-0.4, -0.2) is 28.0 Å². The molecule has 25 heavy (non-hydrogen) atoms. The highest BCUT2D eigenvalue weighted by Crippen LogP contribution is 2.40. The zero-order chi connectivity index (χ0) is 18.1. The van der Waals surface area contributed by atoms with Crippen molar-refractivity contribution in [1.82, 2.24) is 9.97 Å². The number of ether oxygens (including phenoxy) is 1. The van der Waals surface area contributed by atoms with E-state index in [0.29, 0.717) is 17.1 Å². The second-order valence-corrected chi connectivity index (χ2v) is 5.43. The Bertz CT molecular complexity index is 963. The van der Waals surface area contributed by atoms with E-state index in [4.69, 9.17) is 4.74 Å². The summed E-state index contributed by atoms with van der Waals surface area (Å²) in [4.78, 5) is 41.8. The summed E-state index contributed by atoms with van der Waals surface area (Å²) in [6, 6.07) is 5.80. The van der Waals surface area contributed by atoms with Crippen LogP contribution in [0.4, 0.5) is 11.5 Å². The third-order valence-electron chi connectivity index (χ3n) is 4.00. The number of aromatic nitrogens is 2. The lowest BCUT2D eigenvalue weighted by molar-refractivity contribution is -0.384. The molecular weight excluding hydrogens is 328 g/mol. The average Bonchev–Trinajstić information content (AvgIpc) is 2.60. The lowest BCUT2D eigenvalue weighted by Crippen LogP contribution is -2.30. The summed E-state index contributed by atoms with van der Waals surface area (Å²) in [5.41, 5.74) is 0.717. The molecule has 0 saturated carbocycles. The summed E-state index contributed by atoms with van der Waals surface area (Å²) < 4.78 is 4.84. The topological polar surface area (TPSA) is 127 Å². The van der Waals surface area contributed by atoms with Gasteiger partial charge in [-0.1, -0.05) is 12.1 Å². The number of nitrogens with one attached hydrogen (secondary N) is 2. The Kier molecular flexibility index (Phi) is 4.05. The second kappa shape index (κ2) is 6.19. The number of hydrogen-bond acceptors (Lipinski definition) is 7. The van der Waals surface area contributed by atoms with Crippen molar-refractivity contribution in [3.8, 4) is 0 Å². The van der Waals surface area contributed by atoms with Crippen molar-refractivity contribution < 1.29 is 14.5 Å². The molecule has 0 bridgehead atoms. The highest BCUT2D eigenvalue weighted by Gasteiger charge is 2.36. The molecule has 9 heteroatoms. The number of esters is 1. The normalized spacial score (nSPS) is 16.0. The number of rotatable bonds is 3. The molecule has 0 radical (unpaired) electrons. The van der Waals surface area contributed by atoms with Gasteiger partial charge in [0.1, 0.15) is 5.82 Å². The summed E-state index contributed by atoms with van der Waals surface area (Å²) in [6.07, 6.45) is 1.25. The first-order valence-corrected chi connectivity index (χ1v) is 7.32. The number of methoxy groups -OCH3 is 1. The standard InChI is InChI=1S/C16H14N4O5/c1-8-11(16(22)25-2)12(9-4-3-5-10(6-9)20(23)24)13-14(19-8)17-7-18-15(13)21/h3-7,12H,1-2H3,(H2,17,18,19,21). The first kappa shape index (κ1) is 16.4. The number of fused-ring (bicyclic) bond motifs is 1. The van der Waals surface area contributed by atoms with Gasteiger partial charge in [0.15, 0.2) is 0 Å². The number of benzene rings is 1. The molecule has 1 atom stereocenters. The summed E-state index contributed by atoms with van der Waals surface area (Å²) in [5.74, 6) is -1.16. The largest absolute Gasteiger partial charge is 0.466 e. The van der Waals surface area contributed by atoms with Crippen molar-refractivity contribution in [2.24, 2.45) is 0 Å². The van der Waals surface area contributed by atoms with Gasteiger partial charge < -0.3 is 15.0 Å². The van der Waals surface area contributed by atoms with Crippen molar-refractivity contribution in [1.29, 1.82) is 0 Å². The van der Waals surface area contributed by atoms with Crippen molar-refractivity contribution >= 4 is 17.5 Å². The zero-order valence-corrected chi connectivity index (χ0v) is 13.4. The smallest absolute Gasteiger partial charge is 0.336 e. The molecule has 9 nitrogen and oxygen atoms in total. The lowest BCUT2D eigenvalue weighted by Gasteiger charge is -2.28.